The first-order valence-corrected chi connectivity index (χ1v) is 6.94. The van der Waals surface area contributed by atoms with Crippen molar-refractivity contribution in [3.63, 3.8) is 0 Å². The maximum Gasteiger partial charge on any atom is 0.172 e. The number of aliphatic imine (C=N–C) groups is 1. The molecule has 3 nitrogen and oxygen atoms in total. The maximum absolute atomic E-state index is 11.4. The maximum atomic E-state index is 11.4. The van der Waals surface area contributed by atoms with E-state index in [4.69, 9.17) is 0 Å². The molecule has 3 heteroatoms. The normalized spacial score (nSPS) is 15.3. The Morgan fingerprint density at radius 3 is 1.90 bits per heavy atom. The molecule has 3 rings (SSSR count). The lowest BCUT2D eigenvalue weighted by Gasteiger charge is -2.33. The molecule has 2 aromatic rings. The van der Waals surface area contributed by atoms with Gasteiger partial charge in [-0.3, -0.25) is 4.99 Å². The van der Waals surface area contributed by atoms with E-state index in [0.29, 0.717) is 5.84 Å². The van der Waals surface area contributed by atoms with Gasteiger partial charge >= 0.3 is 0 Å². The zero-order chi connectivity index (χ0) is 13.8. The van der Waals surface area contributed by atoms with Crippen LogP contribution in [0.2, 0.25) is 0 Å². The molecule has 2 N–H and O–H groups in total. The number of rotatable bonds is 3. The molecule has 0 unspecified atom stereocenters. The van der Waals surface area contributed by atoms with Gasteiger partial charge in [0.2, 0.25) is 0 Å². The number of amidine groups is 1. The van der Waals surface area contributed by atoms with Gasteiger partial charge in [-0.2, -0.15) is 0 Å². The zero-order valence-electron chi connectivity index (χ0n) is 11.3. The van der Waals surface area contributed by atoms with Crippen molar-refractivity contribution >= 4 is 5.84 Å². The Kier molecular flexibility index (Phi) is 3.52. The van der Waals surface area contributed by atoms with Crippen LogP contribution in [0.15, 0.2) is 65.7 Å². The van der Waals surface area contributed by atoms with Gasteiger partial charge in [-0.05, 0) is 17.5 Å². The summed E-state index contributed by atoms with van der Waals surface area (Å²) in [6.07, 6.45) is 1.00. The molecule has 0 bridgehead atoms. The lowest BCUT2D eigenvalue weighted by atomic mass is 9.84. The van der Waals surface area contributed by atoms with Crippen molar-refractivity contribution in [2.45, 2.75) is 12.0 Å². The Morgan fingerprint density at radius 2 is 1.45 bits per heavy atom. The van der Waals surface area contributed by atoms with Gasteiger partial charge in [-0.25, -0.2) is 0 Å². The fraction of sp³-hybridized carbons (Fsp3) is 0.235. The van der Waals surface area contributed by atoms with E-state index in [-0.39, 0.29) is 0 Å². The first kappa shape index (κ1) is 12.9. The predicted octanol–water partition coefficient (Wildman–Crippen LogP) is 2.31. The monoisotopic (exact) mass is 266 g/mol. The molecule has 0 amide bonds. The number of hydrogen-bond donors (Lipinski definition) is 2. The summed E-state index contributed by atoms with van der Waals surface area (Å²) in [4.78, 5) is 4.51. The Bertz CT molecular complexity index is 553. The molecule has 1 heterocycles. The van der Waals surface area contributed by atoms with E-state index in [2.05, 4.69) is 10.3 Å². The standard InChI is InChI=1S/C17H18N2O/c20-17(14-8-3-1-4-9-14,15-10-5-2-6-11-15)16-18-12-7-13-19-16/h1-6,8-11,20H,7,12-13H2,(H,18,19). The van der Waals surface area contributed by atoms with E-state index < -0.39 is 5.60 Å². The highest BCUT2D eigenvalue weighted by molar-refractivity contribution is 5.95. The van der Waals surface area contributed by atoms with E-state index in [9.17, 15) is 5.11 Å². The van der Waals surface area contributed by atoms with Crippen LogP contribution >= 0.6 is 0 Å². The molecule has 102 valence electrons. The predicted molar refractivity (Wildman–Crippen MR) is 80.8 cm³/mol. The average molecular weight is 266 g/mol. The quantitative estimate of drug-likeness (QED) is 0.895. The summed E-state index contributed by atoms with van der Waals surface area (Å²) in [5.41, 5.74) is 0.460. The molecule has 0 atom stereocenters. The Hall–Kier alpha value is -2.13. The summed E-state index contributed by atoms with van der Waals surface area (Å²) in [6, 6.07) is 19.4. The molecular weight excluding hydrogens is 248 g/mol. The van der Waals surface area contributed by atoms with Crippen molar-refractivity contribution in [3.05, 3.63) is 71.8 Å². The Labute approximate surface area is 119 Å². The molecule has 2 aromatic carbocycles. The molecule has 0 aliphatic carbocycles. The lowest BCUT2D eigenvalue weighted by molar-refractivity contribution is 0.150. The smallest absolute Gasteiger partial charge is 0.172 e. The van der Waals surface area contributed by atoms with Gasteiger partial charge in [0, 0.05) is 13.1 Å². The van der Waals surface area contributed by atoms with E-state index in [0.717, 1.165) is 30.6 Å². The molecule has 1 aliphatic rings. The highest BCUT2D eigenvalue weighted by Gasteiger charge is 2.37. The van der Waals surface area contributed by atoms with E-state index in [1.807, 2.05) is 60.7 Å². The Balaban J connectivity index is 2.15. The third-order valence-corrected chi connectivity index (χ3v) is 3.62. The summed E-state index contributed by atoms with van der Waals surface area (Å²) in [5.74, 6) is 0.640. The minimum atomic E-state index is -1.21. The highest BCUT2D eigenvalue weighted by atomic mass is 16.3. The third-order valence-electron chi connectivity index (χ3n) is 3.62. The highest BCUT2D eigenvalue weighted by Crippen LogP contribution is 2.31. The topological polar surface area (TPSA) is 44.6 Å². The van der Waals surface area contributed by atoms with Crippen LogP contribution in [-0.4, -0.2) is 24.0 Å². The van der Waals surface area contributed by atoms with Crippen molar-refractivity contribution in [1.82, 2.24) is 5.32 Å². The SMILES string of the molecule is OC(C1=NCCCN1)(c1ccccc1)c1ccccc1. The van der Waals surface area contributed by atoms with E-state index in [1.165, 1.54) is 0 Å². The van der Waals surface area contributed by atoms with Crippen molar-refractivity contribution in [1.29, 1.82) is 0 Å². The summed E-state index contributed by atoms with van der Waals surface area (Å²) >= 11 is 0. The van der Waals surface area contributed by atoms with Gasteiger partial charge in [0.15, 0.2) is 5.60 Å². The molecule has 1 aliphatic heterocycles. The second kappa shape index (κ2) is 5.47. The van der Waals surface area contributed by atoms with Gasteiger partial charge in [0.1, 0.15) is 5.84 Å². The van der Waals surface area contributed by atoms with Crippen molar-refractivity contribution in [2.75, 3.05) is 13.1 Å². The third kappa shape index (κ3) is 2.21. The number of aliphatic hydroxyl groups is 1. The number of nitrogens with one attached hydrogen (secondary N) is 1. The van der Waals surface area contributed by atoms with Gasteiger partial charge in [-0.1, -0.05) is 60.7 Å². The Morgan fingerprint density at radius 1 is 0.900 bits per heavy atom. The van der Waals surface area contributed by atoms with Crippen molar-refractivity contribution < 1.29 is 5.11 Å². The molecule has 0 saturated carbocycles. The second-order valence-electron chi connectivity index (χ2n) is 4.95. The van der Waals surface area contributed by atoms with Crippen LogP contribution in [0, 0.1) is 0 Å². The van der Waals surface area contributed by atoms with Gasteiger partial charge in [0.25, 0.3) is 0 Å². The van der Waals surface area contributed by atoms with Crippen molar-refractivity contribution in [3.8, 4) is 0 Å². The molecule has 0 fully saturated rings. The first-order valence-electron chi connectivity index (χ1n) is 6.94. The second-order valence-corrected chi connectivity index (χ2v) is 4.95. The lowest BCUT2D eigenvalue weighted by Crippen LogP contribution is -2.47. The average Bonchev–Trinajstić information content (AvgIpc) is 2.56. The van der Waals surface area contributed by atoms with Gasteiger partial charge in [-0.15, -0.1) is 0 Å². The minimum absolute atomic E-state index is 0.640. The van der Waals surface area contributed by atoms with Gasteiger partial charge < -0.3 is 10.4 Å². The summed E-state index contributed by atoms with van der Waals surface area (Å²) in [7, 11) is 0. The van der Waals surface area contributed by atoms with E-state index in [1.54, 1.807) is 0 Å². The summed E-state index contributed by atoms with van der Waals surface area (Å²) in [6.45, 7) is 1.60. The van der Waals surface area contributed by atoms with Crippen molar-refractivity contribution in [2.24, 2.45) is 4.99 Å². The first-order chi connectivity index (χ1) is 9.82. The van der Waals surface area contributed by atoms with Crippen LogP contribution in [0.25, 0.3) is 0 Å². The largest absolute Gasteiger partial charge is 0.373 e. The fourth-order valence-corrected chi connectivity index (χ4v) is 2.57. The van der Waals surface area contributed by atoms with E-state index >= 15 is 0 Å². The molecule has 0 spiro atoms. The fourth-order valence-electron chi connectivity index (χ4n) is 2.57. The summed E-state index contributed by atoms with van der Waals surface area (Å²) < 4.78 is 0. The van der Waals surface area contributed by atoms with Crippen LogP contribution in [0.5, 0.6) is 0 Å². The van der Waals surface area contributed by atoms with Crippen LogP contribution in [0.3, 0.4) is 0 Å². The van der Waals surface area contributed by atoms with Crippen LogP contribution < -0.4 is 5.32 Å². The number of hydrogen-bond acceptors (Lipinski definition) is 3. The molecule has 0 aromatic heterocycles. The minimum Gasteiger partial charge on any atom is -0.373 e. The molecule has 0 radical (unpaired) electrons. The van der Waals surface area contributed by atoms with Crippen LogP contribution in [0.4, 0.5) is 0 Å². The zero-order valence-corrected chi connectivity index (χ0v) is 11.3. The van der Waals surface area contributed by atoms with Crippen LogP contribution in [0.1, 0.15) is 17.5 Å². The molecular formula is C17H18N2O. The summed E-state index contributed by atoms with van der Waals surface area (Å²) in [5, 5.41) is 14.6. The molecule has 20 heavy (non-hydrogen) atoms. The number of benzene rings is 2. The van der Waals surface area contributed by atoms with Gasteiger partial charge in [0.05, 0.1) is 0 Å². The van der Waals surface area contributed by atoms with Crippen LogP contribution in [-0.2, 0) is 5.60 Å². The molecule has 0 saturated heterocycles. The number of nitrogens with zero attached hydrogens (tertiary/aromatic N) is 1.